The number of nitrogens with one attached hydrogen (secondary N) is 1. The maximum atomic E-state index is 13.0. The van der Waals surface area contributed by atoms with Gasteiger partial charge in [0.15, 0.2) is 5.82 Å². The number of carbonyl (C=O) groups excluding carboxylic acids is 1. The number of pyridine rings is 1. The molecule has 0 unspecified atom stereocenters. The number of aromatic nitrogens is 3. The van der Waals surface area contributed by atoms with Crippen LogP contribution in [0.15, 0.2) is 24.5 Å². The molecule has 1 saturated heterocycles. The molecule has 152 valence electrons. The van der Waals surface area contributed by atoms with E-state index in [2.05, 4.69) is 15.4 Å². The smallest absolute Gasteiger partial charge is 0.338 e. The van der Waals surface area contributed by atoms with Gasteiger partial charge in [-0.05, 0) is 37.9 Å². The second-order valence-electron chi connectivity index (χ2n) is 7.27. The minimum Gasteiger partial charge on any atom is -0.338 e. The maximum absolute atomic E-state index is 13.0. The lowest BCUT2D eigenvalue weighted by atomic mass is 10.0. The molecular formula is C19H24F3N5O. The minimum atomic E-state index is -4.45. The van der Waals surface area contributed by atoms with Gasteiger partial charge in [0.2, 0.25) is 0 Å². The first kappa shape index (κ1) is 20.3. The van der Waals surface area contributed by atoms with Gasteiger partial charge in [0.1, 0.15) is 0 Å². The van der Waals surface area contributed by atoms with Gasteiger partial charge in [-0.2, -0.15) is 18.3 Å². The van der Waals surface area contributed by atoms with Crippen LogP contribution in [0.25, 0.3) is 5.82 Å². The van der Waals surface area contributed by atoms with E-state index in [-0.39, 0.29) is 17.6 Å². The summed E-state index contributed by atoms with van der Waals surface area (Å²) >= 11 is 0. The van der Waals surface area contributed by atoms with Crippen molar-refractivity contribution in [2.75, 3.05) is 20.1 Å². The SMILES string of the molecule is CNC1CCN(C(=O)c2cnn(-c3ccc(C(F)(F)F)cn3)c2C(C)C)CC1. The summed E-state index contributed by atoms with van der Waals surface area (Å²) < 4.78 is 39.8. The Bertz CT molecular complexity index is 821. The van der Waals surface area contributed by atoms with E-state index < -0.39 is 11.7 Å². The molecular weight excluding hydrogens is 371 g/mol. The summed E-state index contributed by atoms with van der Waals surface area (Å²) in [6, 6.07) is 2.65. The molecule has 9 heteroatoms. The maximum Gasteiger partial charge on any atom is 0.417 e. The number of piperidine rings is 1. The van der Waals surface area contributed by atoms with Crippen molar-refractivity contribution in [3.63, 3.8) is 0 Å². The second-order valence-corrected chi connectivity index (χ2v) is 7.27. The minimum absolute atomic E-state index is 0.0552. The zero-order valence-electron chi connectivity index (χ0n) is 16.1. The highest BCUT2D eigenvalue weighted by Gasteiger charge is 2.31. The summed E-state index contributed by atoms with van der Waals surface area (Å²) in [5, 5.41) is 7.49. The lowest BCUT2D eigenvalue weighted by Gasteiger charge is -2.32. The fourth-order valence-corrected chi connectivity index (χ4v) is 3.48. The summed E-state index contributed by atoms with van der Waals surface area (Å²) in [6.07, 6.45) is -0.412. The molecule has 3 heterocycles. The van der Waals surface area contributed by atoms with E-state index >= 15 is 0 Å². The van der Waals surface area contributed by atoms with E-state index in [9.17, 15) is 18.0 Å². The molecule has 0 radical (unpaired) electrons. The van der Waals surface area contributed by atoms with Crippen molar-refractivity contribution in [3.05, 3.63) is 41.3 Å². The van der Waals surface area contributed by atoms with Gasteiger partial charge in [-0.25, -0.2) is 9.67 Å². The zero-order chi connectivity index (χ0) is 20.5. The highest BCUT2D eigenvalue weighted by atomic mass is 19.4. The molecule has 28 heavy (non-hydrogen) atoms. The highest BCUT2D eigenvalue weighted by Crippen LogP contribution is 2.30. The monoisotopic (exact) mass is 395 g/mol. The molecule has 2 aromatic rings. The lowest BCUT2D eigenvalue weighted by Crippen LogP contribution is -2.44. The molecule has 0 spiro atoms. The lowest BCUT2D eigenvalue weighted by molar-refractivity contribution is -0.137. The van der Waals surface area contributed by atoms with Crippen LogP contribution in [0.1, 0.15) is 54.2 Å². The van der Waals surface area contributed by atoms with Gasteiger partial charge in [-0.1, -0.05) is 13.8 Å². The molecule has 1 N–H and O–H groups in total. The molecule has 0 saturated carbocycles. The molecule has 2 aromatic heterocycles. The fraction of sp³-hybridized carbons (Fsp3) is 0.526. The topological polar surface area (TPSA) is 63.1 Å². The predicted octanol–water partition coefficient (Wildman–Crippen LogP) is 3.23. The van der Waals surface area contributed by atoms with Crippen molar-refractivity contribution < 1.29 is 18.0 Å². The summed E-state index contributed by atoms with van der Waals surface area (Å²) in [5.74, 6) is 0.0986. The average Bonchev–Trinajstić information content (AvgIpc) is 3.12. The molecule has 0 bridgehead atoms. The average molecular weight is 395 g/mol. The van der Waals surface area contributed by atoms with Crippen LogP contribution < -0.4 is 5.32 Å². The number of rotatable bonds is 4. The van der Waals surface area contributed by atoms with Crippen LogP contribution in [0.5, 0.6) is 0 Å². The quantitative estimate of drug-likeness (QED) is 0.863. The van der Waals surface area contributed by atoms with E-state index in [1.54, 1.807) is 4.90 Å². The van der Waals surface area contributed by atoms with Crippen molar-refractivity contribution in [1.29, 1.82) is 0 Å². The summed E-state index contributed by atoms with van der Waals surface area (Å²) in [6.45, 7) is 5.15. The van der Waals surface area contributed by atoms with Crippen molar-refractivity contribution in [1.82, 2.24) is 25.0 Å². The van der Waals surface area contributed by atoms with Gasteiger partial charge in [0.05, 0.1) is 23.0 Å². The van der Waals surface area contributed by atoms with Crippen molar-refractivity contribution in [3.8, 4) is 5.82 Å². The van der Waals surface area contributed by atoms with Gasteiger partial charge >= 0.3 is 6.18 Å². The highest BCUT2D eigenvalue weighted by molar-refractivity contribution is 5.95. The first-order valence-electron chi connectivity index (χ1n) is 9.30. The molecule has 0 aliphatic carbocycles. The fourth-order valence-electron chi connectivity index (χ4n) is 3.48. The summed E-state index contributed by atoms with van der Waals surface area (Å²) in [7, 11) is 1.92. The van der Waals surface area contributed by atoms with Gasteiger partial charge < -0.3 is 10.2 Å². The van der Waals surface area contributed by atoms with E-state index in [0.717, 1.165) is 25.1 Å². The van der Waals surface area contributed by atoms with E-state index in [4.69, 9.17) is 0 Å². The Balaban J connectivity index is 1.89. The van der Waals surface area contributed by atoms with Crippen molar-refractivity contribution in [2.45, 2.75) is 44.8 Å². The number of alkyl halides is 3. The summed E-state index contributed by atoms with van der Waals surface area (Å²) in [4.78, 5) is 18.8. The van der Waals surface area contributed by atoms with Gasteiger partial charge in [-0.15, -0.1) is 0 Å². The van der Waals surface area contributed by atoms with Gasteiger partial charge in [0.25, 0.3) is 5.91 Å². The molecule has 1 fully saturated rings. The largest absolute Gasteiger partial charge is 0.417 e. The third kappa shape index (κ3) is 4.04. The Labute approximate surface area is 161 Å². The van der Waals surface area contributed by atoms with Crippen LogP contribution in [0.3, 0.4) is 0 Å². The third-order valence-corrected chi connectivity index (χ3v) is 5.07. The van der Waals surface area contributed by atoms with Crippen LogP contribution in [-0.2, 0) is 6.18 Å². The van der Waals surface area contributed by atoms with E-state index in [1.165, 1.54) is 16.9 Å². The third-order valence-electron chi connectivity index (χ3n) is 5.07. The second kappa shape index (κ2) is 7.90. The van der Waals surface area contributed by atoms with Gasteiger partial charge in [-0.3, -0.25) is 4.79 Å². The Kier molecular flexibility index (Phi) is 5.74. The van der Waals surface area contributed by atoms with E-state index in [0.29, 0.717) is 30.4 Å². The van der Waals surface area contributed by atoms with Crippen molar-refractivity contribution >= 4 is 5.91 Å². The zero-order valence-corrected chi connectivity index (χ0v) is 16.1. The Morgan fingerprint density at radius 2 is 1.89 bits per heavy atom. The van der Waals surface area contributed by atoms with Crippen LogP contribution in [0.2, 0.25) is 0 Å². The summed E-state index contributed by atoms with van der Waals surface area (Å²) in [5.41, 5.74) is 0.297. The number of carbonyl (C=O) groups is 1. The molecule has 1 amide bonds. The Morgan fingerprint density at radius 3 is 2.39 bits per heavy atom. The molecule has 3 rings (SSSR count). The van der Waals surface area contributed by atoms with Crippen molar-refractivity contribution in [2.24, 2.45) is 0 Å². The first-order chi connectivity index (χ1) is 13.2. The normalized spacial score (nSPS) is 16.0. The van der Waals surface area contributed by atoms with Crippen LogP contribution >= 0.6 is 0 Å². The predicted molar refractivity (Wildman–Crippen MR) is 98.4 cm³/mol. The van der Waals surface area contributed by atoms with Crippen LogP contribution in [-0.4, -0.2) is 51.8 Å². The number of amides is 1. The Hall–Kier alpha value is -2.42. The number of hydrogen-bond donors (Lipinski definition) is 1. The van der Waals surface area contributed by atoms with Crippen LogP contribution in [0.4, 0.5) is 13.2 Å². The number of hydrogen-bond acceptors (Lipinski definition) is 4. The molecule has 1 aliphatic rings. The number of halogens is 3. The Morgan fingerprint density at radius 1 is 1.21 bits per heavy atom. The molecule has 0 atom stereocenters. The van der Waals surface area contributed by atoms with Gasteiger partial charge in [0, 0.05) is 25.3 Å². The number of likely N-dealkylation sites (tertiary alicyclic amines) is 1. The van der Waals surface area contributed by atoms with E-state index in [1.807, 2.05) is 20.9 Å². The first-order valence-corrected chi connectivity index (χ1v) is 9.30. The standard InChI is InChI=1S/C19H24F3N5O/c1-12(2)17-15(18(28)26-8-6-14(23-3)7-9-26)11-25-27(17)16-5-4-13(10-24-16)19(20,21)22/h4-5,10-12,14,23H,6-9H2,1-3H3. The molecule has 0 aromatic carbocycles. The van der Waals surface area contributed by atoms with Crippen LogP contribution in [0, 0.1) is 0 Å². The molecule has 1 aliphatic heterocycles. The molecule has 6 nitrogen and oxygen atoms in total. The number of nitrogens with zero attached hydrogens (tertiary/aromatic N) is 4.